The number of non-ortho nitro benzene ring substituents is 1. The number of nitrogens with one attached hydrogen (secondary N) is 1. The first-order valence-corrected chi connectivity index (χ1v) is 8.34. The molecule has 1 atom stereocenters. The lowest BCUT2D eigenvalue weighted by atomic mass is 10.1. The van der Waals surface area contributed by atoms with Crippen LogP contribution in [-0.4, -0.2) is 53.2 Å². The van der Waals surface area contributed by atoms with Crippen molar-refractivity contribution in [3.63, 3.8) is 0 Å². The Morgan fingerprint density at radius 1 is 1.38 bits per heavy atom. The van der Waals surface area contributed by atoms with Crippen LogP contribution >= 0.6 is 0 Å². The predicted molar refractivity (Wildman–Crippen MR) is 91.2 cm³/mol. The Bertz CT molecular complexity index is 763. The molecular formula is C17H20N4O3. The number of hydrogen-bond acceptors (Lipinski definition) is 6. The molecular weight excluding hydrogens is 308 g/mol. The number of morpholine rings is 1. The van der Waals surface area contributed by atoms with Gasteiger partial charge in [-0.2, -0.15) is 0 Å². The summed E-state index contributed by atoms with van der Waals surface area (Å²) in [6.07, 6.45) is 4.39. The van der Waals surface area contributed by atoms with Gasteiger partial charge in [-0.05, 0) is 31.0 Å². The number of nitro groups is 1. The first-order chi connectivity index (χ1) is 11.7. The largest absolute Gasteiger partial charge is 0.381 e. The number of pyridine rings is 1. The first kappa shape index (κ1) is 15.3. The van der Waals surface area contributed by atoms with Gasteiger partial charge in [0.15, 0.2) is 0 Å². The van der Waals surface area contributed by atoms with Crippen molar-refractivity contribution in [3.05, 3.63) is 40.6 Å². The minimum absolute atomic E-state index is 0.0810. The third-order valence-electron chi connectivity index (χ3n) is 4.70. The molecule has 0 spiro atoms. The molecule has 0 amide bonds. The van der Waals surface area contributed by atoms with E-state index in [2.05, 4.69) is 15.2 Å². The van der Waals surface area contributed by atoms with Crippen LogP contribution in [0.3, 0.4) is 0 Å². The number of nitro benzene ring substituents is 1. The number of fused-ring (bicyclic) bond motifs is 1. The molecule has 7 nitrogen and oxygen atoms in total. The lowest BCUT2D eigenvalue weighted by Gasteiger charge is -2.33. The van der Waals surface area contributed by atoms with Crippen LogP contribution in [0.2, 0.25) is 0 Å². The first-order valence-electron chi connectivity index (χ1n) is 8.34. The summed E-state index contributed by atoms with van der Waals surface area (Å²) in [4.78, 5) is 17.6. The van der Waals surface area contributed by atoms with Crippen LogP contribution in [0, 0.1) is 10.1 Å². The summed E-state index contributed by atoms with van der Waals surface area (Å²) in [5, 5.41) is 15.1. The topological polar surface area (TPSA) is 80.5 Å². The molecule has 2 fully saturated rings. The van der Waals surface area contributed by atoms with Gasteiger partial charge in [-0.3, -0.25) is 20.0 Å². The fourth-order valence-electron chi connectivity index (χ4n) is 3.32. The second-order valence-corrected chi connectivity index (χ2v) is 6.39. The molecule has 7 heteroatoms. The van der Waals surface area contributed by atoms with Gasteiger partial charge >= 0.3 is 0 Å². The van der Waals surface area contributed by atoms with E-state index in [1.807, 2.05) is 0 Å². The second kappa shape index (κ2) is 6.33. The average Bonchev–Trinajstić information content (AvgIpc) is 3.45. The standard InChI is InChI=1S/C17H20N4O3/c22-21(23)16-6-5-15(17-14(16)2-1-7-18-17)19-10-13-11-20(8-9-24-13)12-3-4-12/h1-2,5-7,12-13,19H,3-4,8-11H2. The van der Waals surface area contributed by atoms with Gasteiger partial charge in [0.2, 0.25) is 0 Å². The van der Waals surface area contributed by atoms with Crippen molar-refractivity contribution in [1.29, 1.82) is 0 Å². The number of anilines is 1. The minimum Gasteiger partial charge on any atom is -0.381 e. The van der Waals surface area contributed by atoms with E-state index >= 15 is 0 Å². The van der Waals surface area contributed by atoms with Crippen LogP contribution in [0.5, 0.6) is 0 Å². The molecule has 0 bridgehead atoms. The SMILES string of the molecule is O=[N+]([O-])c1ccc(NCC2CN(C3CC3)CCO2)c2ncccc12. The predicted octanol–water partition coefficient (Wildman–Crippen LogP) is 2.42. The van der Waals surface area contributed by atoms with Gasteiger partial charge in [0.05, 0.1) is 28.7 Å². The lowest BCUT2D eigenvalue weighted by molar-refractivity contribution is -0.383. The highest BCUT2D eigenvalue weighted by Gasteiger charge is 2.32. The highest BCUT2D eigenvalue weighted by Crippen LogP contribution is 2.30. The van der Waals surface area contributed by atoms with Crippen molar-refractivity contribution < 1.29 is 9.66 Å². The summed E-state index contributed by atoms with van der Waals surface area (Å²) in [7, 11) is 0. The van der Waals surface area contributed by atoms with Gasteiger partial charge in [0.1, 0.15) is 5.52 Å². The highest BCUT2D eigenvalue weighted by molar-refractivity contribution is 5.96. The maximum Gasteiger partial charge on any atom is 0.278 e. The summed E-state index contributed by atoms with van der Waals surface area (Å²) in [6, 6.07) is 7.46. The van der Waals surface area contributed by atoms with E-state index in [9.17, 15) is 10.1 Å². The van der Waals surface area contributed by atoms with Gasteiger partial charge in [-0.1, -0.05) is 0 Å². The molecule has 1 aromatic heterocycles. The summed E-state index contributed by atoms with van der Waals surface area (Å²) >= 11 is 0. The van der Waals surface area contributed by atoms with Crippen molar-refractivity contribution in [2.75, 3.05) is 31.6 Å². The average molecular weight is 328 g/mol. The summed E-state index contributed by atoms with van der Waals surface area (Å²) in [5.41, 5.74) is 1.52. The molecule has 1 N–H and O–H groups in total. The van der Waals surface area contributed by atoms with Crippen molar-refractivity contribution in [2.24, 2.45) is 0 Å². The lowest BCUT2D eigenvalue weighted by Crippen LogP contribution is -2.46. The summed E-state index contributed by atoms with van der Waals surface area (Å²) in [5.74, 6) is 0. The van der Waals surface area contributed by atoms with Crippen LogP contribution in [0.4, 0.5) is 11.4 Å². The monoisotopic (exact) mass is 328 g/mol. The number of benzene rings is 1. The molecule has 1 aliphatic heterocycles. The van der Waals surface area contributed by atoms with Crippen molar-refractivity contribution in [2.45, 2.75) is 25.0 Å². The van der Waals surface area contributed by atoms with Crippen molar-refractivity contribution in [3.8, 4) is 0 Å². The molecule has 4 rings (SSSR count). The van der Waals surface area contributed by atoms with E-state index in [-0.39, 0.29) is 16.7 Å². The van der Waals surface area contributed by atoms with E-state index in [4.69, 9.17) is 4.74 Å². The Kier molecular flexibility index (Phi) is 4.03. The zero-order valence-corrected chi connectivity index (χ0v) is 13.4. The van der Waals surface area contributed by atoms with Crippen molar-refractivity contribution >= 4 is 22.3 Å². The summed E-state index contributed by atoms with van der Waals surface area (Å²) in [6.45, 7) is 3.40. The normalized spacial score (nSPS) is 21.8. The van der Waals surface area contributed by atoms with E-state index in [1.54, 1.807) is 24.4 Å². The molecule has 1 unspecified atom stereocenters. The van der Waals surface area contributed by atoms with E-state index in [0.717, 1.165) is 31.4 Å². The zero-order valence-electron chi connectivity index (χ0n) is 13.4. The van der Waals surface area contributed by atoms with Gasteiger partial charge in [-0.15, -0.1) is 0 Å². The minimum atomic E-state index is -0.369. The number of hydrogen-bond donors (Lipinski definition) is 1. The van der Waals surface area contributed by atoms with Crippen LogP contribution in [0.25, 0.3) is 10.9 Å². The molecule has 24 heavy (non-hydrogen) atoms. The highest BCUT2D eigenvalue weighted by atomic mass is 16.6. The quantitative estimate of drug-likeness (QED) is 0.670. The second-order valence-electron chi connectivity index (χ2n) is 6.39. The number of aromatic nitrogens is 1. The van der Waals surface area contributed by atoms with Crippen LogP contribution < -0.4 is 5.32 Å². The molecule has 2 heterocycles. The van der Waals surface area contributed by atoms with Crippen LogP contribution in [0.1, 0.15) is 12.8 Å². The van der Waals surface area contributed by atoms with Crippen LogP contribution in [-0.2, 0) is 4.74 Å². The Balaban J connectivity index is 1.50. The molecule has 1 saturated heterocycles. The molecule has 1 aliphatic carbocycles. The molecule has 2 aromatic rings. The number of ether oxygens (including phenoxy) is 1. The third kappa shape index (κ3) is 3.05. The van der Waals surface area contributed by atoms with Crippen LogP contribution in [0.15, 0.2) is 30.5 Å². The van der Waals surface area contributed by atoms with E-state index in [0.29, 0.717) is 17.4 Å². The molecule has 2 aliphatic rings. The number of rotatable bonds is 5. The Hall–Kier alpha value is -2.25. The Labute approximate surface area is 139 Å². The fraction of sp³-hybridized carbons (Fsp3) is 0.471. The van der Waals surface area contributed by atoms with Gasteiger partial charge < -0.3 is 10.1 Å². The van der Waals surface area contributed by atoms with Gasteiger partial charge in [0, 0.05) is 37.9 Å². The molecule has 126 valence electrons. The summed E-state index contributed by atoms with van der Waals surface area (Å²) < 4.78 is 5.85. The molecule has 1 saturated carbocycles. The smallest absolute Gasteiger partial charge is 0.278 e. The van der Waals surface area contributed by atoms with Crippen molar-refractivity contribution in [1.82, 2.24) is 9.88 Å². The Morgan fingerprint density at radius 2 is 2.25 bits per heavy atom. The van der Waals surface area contributed by atoms with Gasteiger partial charge in [0.25, 0.3) is 5.69 Å². The molecule has 1 aromatic carbocycles. The third-order valence-corrected chi connectivity index (χ3v) is 4.70. The van der Waals surface area contributed by atoms with E-state index < -0.39 is 0 Å². The van der Waals surface area contributed by atoms with Gasteiger partial charge in [-0.25, -0.2) is 0 Å². The number of nitrogens with zero attached hydrogens (tertiary/aromatic N) is 3. The maximum atomic E-state index is 11.2. The Morgan fingerprint density at radius 3 is 3.04 bits per heavy atom. The van der Waals surface area contributed by atoms with E-state index in [1.165, 1.54) is 18.9 Å². The fourth-order valence-corrected chi connectivity index (χ4v) is 3.32. The zero-order chi connectivity index (χ0) is 16.5. The maximum absolute atomic E-state index is 11.2. The molecule has 0 radical (unpaired) electrons.